The lowest BCUT2D eigenvalue weighted by Crippen LogP contribution is -2.18. The molecule has 0 radical (unpaired) electrons. The average molecular weight is 189 g/mol. The number of rotatable bonds is 1. The molecule has 1 atom stereocenters. The molecule has 0 N–H and O–H groups in total. The smallest absolute Gasteiger partial charge is 0.222 e. The van der Waals surface area contributed by atoms with Crippen LogP contribution in [0.4, 0.5) is 0 Å². The molecule has 0 saturated carbocycles. The monoisotopic (exact) mass is 188 g/mol. The molecule has 0 fully saturated rings. The quantitative estimate of drug-likeness (QED) is 0.350. The van der Waals surface area contributed by atoms with E-state index in [2.05, 4.69) is 31.1 Å². The summed E-state index contributed by atoms with van der Waals surface area (Å²) in [6, 6.07) is 0. The van der Waals surface area contributed by atoms with E-state index in [1.165, 1.54) is 0 Å². The molecule has 0 aliphatic heterocycles. The lowest BCUT2D eigenvalue weighted by molar-refractivity contribution is -0.113. The number of Topliss-reactive ketones (excluding diaryl/α,β-unsaturated/α-hetero) is 1. The summed E-state index contributed by atoms with van der Waals surface area (Å²) in [6.45, 7) is 7.91. The lowest BCUT2D eigenvalue weighted by atomic mass is 10.3. The molecule has 0 spiro atoms. The minimum atomic E-state index is -1.41. The Morgan fingerprint density at radius 2 is 1.91 bits per heavy atom. The fourth-order valence-electron chi connectivity index (χ4n) is 0.349. The Bertz CT molecular complexity index is 204. The summed E-state index contributed by atoms with van der Waals surface area (Å²) in [5.74, 6) is 2.39. The number of carbonyl (C=O) groups excluding carboxylic acids is 1. The van der Waals surface area contributed by atoms with Crippen molar-refractivity contribution in [3.63, 3.8) is 0 Å². The van der Waals surface area contributed by atoms with E-state index in [0.29, 0.717) is 0 Å². The maximum Gasteiger partial charge on any atom is 0.222 e. The first-order valence-corrected chi connectivity index (χ1v) is 7.47. The molecule has 3 heteroatoms. The van der Waals surface area contributed by atoms with Gasteiger partial charge in [0.1, 0.15) is 13.5 Å². The maximum atomic E-state index is 10.9. The number of hydrogen-bond donors (Lipinski definition) is 0. The van der Waals surface area contributed by atoms with Gasteiger partial charge in [-0.2, -0.15) is 0 Å². The normalized spacial score (nSPS) is 13.2. The van der Waals surface area contributed by atoms with Gasteiger partial charge in [-0.3, -0.25) is 4.79 Å². The standard InChI is InChI=1S/C8H13ClOSi/c1-7(9)8(10)5-6-11(2,3)4/h7H,1-4H3/t7-/m0/s1. The molecule has 0 unspecified atom stereocenters. The second kappa shape index (κ2) is 3.94. The summed E-state index contributed by atoms with van der Waals surface area (Å²) in [5.41, 5.74) is 2.96. The van der Waals surface area contributed by atoms with E-state index < -0.39 is 13.5 Å². The lowest BCUT2D eigenvalue weighted by Gasteiger charge is -2.02. The van der Waals surface area contributed by atoms with Crippen molar-refractivity contribution in [2.75, 3.05) is 0 Å². The van der Waals surface area contributed by atoms with Crippen molar-refractivity contribution < 1.29 is 4.79 Å². The highest BCUT2D eigenvalue weighted by molar-refractivity contribution is 6.84. The van der Waals surface area contributed by atoms with Gasteiger partial charge in [0.05, 0.1) is 0 Å². The topological polar surface area (TPSA) is 17.1 Å². The van der Waals surface area contributed by atoms with Crippen molar-refractivity contribution in [3.8, 4) is 11.5 Å². The van der Waals surface area contributed by atoms with Crippen LogP contribution in [0.15, 0.2) is 0 Å². The molecule has 0 aliphatic rings. The number of hydrogen-bond acceptors (Lipinski definition) is 1. The van der Waals surface area contributed by atoms with E-state index in [9.17, 15) is 4.79 Å². The van der Waals surface area contributed by atoms with Crippen LogP contribution in [0.1, 0.15) is 6.92 Å². The summed E-state index contributed by atoms with van der Waals surface area (Å²) in [4.78, 5) is 10.9. The van der Waals surface area contributed by atoms with Gasteiger partial charge in [0.25, 0.3) is 0 Å². The van der Waals surface area contributed by atoms with Crippen molar-refractivity contribution in [3.05, 3.63) is 0 Å². The zero-order valence-electron chi connectivity index (χ0n) is 7.36. The molecule has 11 heavy (non-hydrogen) atoms. The van der Waals surface area contributed by atoms with Crippen LogP contribution in [0.3, 0.4) is 0 Å². The molecule has 0 aliphatic carbocycles. The Morgan fingerprint density at radius 1 is 1.45 bits per heavy atom. The fraction of sp³-hybridized carbons (Fsp3) is 0.625. The van der Waals surface area contributed by atoms with Crippen LogP contribution in [-0.4, -0.2) is 19.2 Å². The molecule has 62 valence electrons. The summed E-state index contributed by atoms with van der Waals surface area (Å²) < 4.78 is 0. The van der Waals surface area contributed by atoms with Crippen LogP contribution in [0.25, 0.3) is 0 Å². The summed E-state index contributed by atoms with van der Waals surface area (Å²) >= 11 is 5.52. The predicted octanol–water partition coefficient (Wildman–Crippen LogP) is 2.06. The van der Waals surface area contributed by atoms with Crippen LogP contribution in [-0.2, 0) is 4.79 Å². The number of halogens is 1. The Kier molecular flexibility index (Phi) is 3.84. The van der Waals surface area contributed by atoms with Gasteiger partial charge in [-0.1, -0.05) is 19.6 Å². The van der Waals surface area contributed by atoms with E-state index in [-0.39, 0.29) is 5.78 Å². The summed E-state index contributed by atoms with van der Waals surface area (Å²) in [6.07, 6.45) is 0. The second-order valence-electron chi connectivity index (χ2n) is 3.48. The molecule has 0 heterocycles. The van der Waals surface area contributed by atoms with Crippen LogP contribution in [0, 0.1) is 11.5 Å². The first kappa shape index (κ1) is 10.7. The minimum Gasteiger partial charge on any atom is -0.283 e. The average Bonchev–Trinajstić information content (AvgIpc) is 1.80. The van der Waals surface area contributed by atoms with Crippen LogP contribution in [0.2, 0.25) is 19.6 Å². The molecular formula is C8H13ClOSi. The molecule has 0 bridgehead atoms. The highest BCUT2D eigenvalue weighted by atomic mass is 35.5. The first-order valence-electron chi connectivity index (χ1n) is 3.54. The number of alkyl halides is 1. The third-order valence-corrected chi connectivity index (χ3v) is 2.00. The highest BCUT2D eigenvalue weighted by Crippen LogP contribution is 1.98. The van der Waals surface area contributed by atoms with Crippen molar-refractivity contribution in [2.45, 2.75) is 31.9 Å². The molecule has 0 rings (SSSR count). The van der Waals surface area contributed by atoms with Gasteiger partial charge in [0.2, 0.25) is 5.78 Å². The molecular weight excluding hydrogens is 176 g/mol. The third kappa shape index (κ3) is 6.15. The highest BCUT2D eigenvalue weighted by Gasteiger charge is 2.10. The number of carbonyl (C=O) groups is 1. The first-order chi connectivity index (χ1) is 4.83. The van der Waals surface area contributed by atoms with Crippen LogP contribution >= 0.6 is 11.6 Å². The van der Waals surface area contributed by atoms with E-state index in [1.54, 1.807) is 6.92 Å². The minimum absolute atomic E-state index is 0.172. The second-order valence-corrected chi connectivity index (χ2v) is 8.88. The van der Waals surface area contributed by atoms with Gasteiger partial charge in [0.15, 0.2) is 0 Å². The van der Waals surface area contributed by atoms with Crippen LogP contribution in [0.5, 0.6) is 0 Å². The predicted molar refractivity (Wildman–Crippen MR) is 51.4 cm³/mol. The largest absolute Gasteiger partial charge is 0.283 e. The molecule has 0 saturated heterocycles. The van der Waals surface area contributed by atoms with Crippen LogP contribution < -0.4 is 0 Å². The van der Waals surface area contributed by atoms with E-state index in [1.807, 2.05) is 0 Å². The van der Waals surface area contributed by atoms with Gasteiger partial charge >= 0.3 is 0 Å². The van der Waals surface area contributed by atoms with Gasteiger partial charge in [0, 0.05) is 0 Å². The molecule has 0 aromatic heterocycles. The molecule has 0 amide bonds. The number of ketones is 1. The zero-order chi connectivity index (χ0) is 9.07. The molecule has 1 nitrogen and oxygen atoms in total. The van der Waals surface area contributed by atoms with Gasteiger partial charge in [-0.15, -0.1) is 17.1 Å². The maximum absolute atomic E-state index is 10.9. The van der Waals surface area contributed by atoms with Gasteiger partial charge in [-0.25, -0.2) is 0 Å². The van der Waals surface area contributed by atoms with Crippen molar-refractivity contribution in [2.24, 2.45) is 0 Å². The Morgan fingerprint density at radius 3 is 2.18 bits per heavy atom. The molecule has 0 aromatic rings. The van der Waals surface area contributed by atoms with Crippen molar-refractivity contribution in [1.82, 2.24) is 0 Å². The fourth-order valence-corrected chi connectivity index (χ4v) is 0.901. The Balaban J connectivity index is 4.20. The Hall–Kier alpha value is -0.263. The Labute approximate surface area is 74.1 Å². The van der Waals surface area contributed by atoms with E-state index in [0.717, 1.165) is 0 Å². The van der Waals surface area contributed by atoms with Crippen molar-refractivity contribution in [1.29, 1.82) is 0 Å². The van der Waals surface area contributed by atoms with Gasteiger partial charge < -0.3 is 0 Å². The third-order valence-electron chi connectivity index (χ3n) is 0.922. The van der Waals surface area contributed by atoms with E-state index in [4.69, 9.17) is 11.6 Å². The summed E-state index contributed by atoms with van der Waals surface area (Å²) in [5, 5.41) is -0.473. The van der Waals surface area contributed by atoms with Gasteiger partial charge in [-0.05, 0) is 12.8 Å². The van der Waals surface area contributed by atoms with Crippen molar-refractivity contribution >= 4 is 25.5 Å². The van der Waals surface area contributed by atoms with E-state index >= 15 is 0 Å². The zero-order valence-corrected chi connectivity index (χ0v) is 9.12. The SMILES string of the molecule is C[C@H](Cl)C(=O)C#C[Si](C)(C)C. The molecule has 0 aromatic carbocycles. The summed E-state index contributed by atoms with van der Waals surface area (Å²) in [7, 11) is -1.41.